The minimum absolute atomic E-state index is 0.0451. The van der Waals surface area contributed by atoms with Crippen LogP contribution >= 0.6 is 0 Å². The third kappa shape index (κ3) is 7.87. The first kappa shape index (κ1) is 19.8. The molecule has 0 unspecified atom stereocenters. The van der Waals surface area contributed by atoms with E-state index in [-0.39, 0.29) is 24.8 Å². The van der Waals surface area contributed by atoms with Gasteiger partial charge in [-0.15, -0.1) is 0 Å². The molecule has 0 aromatic carbocycles. The van der Waals surface area contributed by atoms with Crippen LogP contribution in [0.1, 0.15) is 58.3 Å². The van der Waals surface area contributed by atoms with Crippen LogP contribution in [0.15, 0.2) is 0 Å². The van der Waals surface area contributed by atoms with Crippen molar-refractivity contribution in [1.82, 2.24) is 4.72 Å². The van der Waals surface area contributed by atoms with E-state index in [2.05, 4.69) is 4.72 Å². The summed E-state index contributed by atoms with van der Waals surface area (Å²) in [4.78, 5) is 0. The van der Waals surface area contributed by atoms with Crippen LogP contribution in [0.25, 0.3) is 0 Å². The fraction of sp³-hybridized carbons (Fsp3) is 1.00. The zero-order chi connectivity index (χ0) is 16.6. The predicted molar refractivity (Wildman–Crippen MR) is 87.9 cm³/mol. The van der Waals surface area contributed by atoms with Gasteiger partial charge in [0.1, 0.15) is 0 Å². The molecule has 0 amide bonds. The Bertz CT molecular complexity index is 396. The number of hydrogen-bond donors (Lipinski definition) is 4. The smallest absolute Gasteiger partial charge is 0.211 e. The highest BCUT2D eigenvalue weighted by Crippen LogP contribution is 2.27. The molecule has 1 rings (SSSR count). The van der Waals surface area contributed by atoms with Gasteiger partial charge in [0, 0.05) is 19.0 Å². The first-order valence-corrected chi connectivity index (χ1v) is 10.1. The summed E-state index contributed by atoms with van der Waals surface area (Å²) >= 11 is 0. The molecular formula is C15H32N2O4S. The second-order valence-electron chi connectivity index (χ2n) is 6.53. The second kappa shape index (κ2) is 9.82. The van der Waals surface area contributed by atoms with E-state index in [4.69, 9.17) is 5.73 Å². The summed E-state index contributed by atoms with van der Waals surface area (Å²) in [7, 11) is -3.33. The van der Waals surface area contributed by atoms with Gasteiger partial charge < -0.3 is 15.9 Å². The molecule has 1 aliphatic rings. The molecule has 1 aliphatic carbocycles. The van der Waals surface area contributed by atoms with Crippen LogP contribution in [0.4, 0.5) is 0 Å². The summed E-state index contributed by atoms with van der Waals surface area (Å²) in [5.41, 5.74) is 6.03. The van der Waals surface area contributed by atoms with Crippen LogP contribution in [-0.2, 0) is 10.0 Å². The van der Waals surface area contributed by atoms with Crippen molar-refractivity contribution in [2.45, 2.75) is 76.5 Å². The zero-order valence-corrected chi connectivity index (χ0v) is 14.4. The van der Waals surface area contributed by atoms with E-state index < -0.39 is 22.2 Å². The number of aliphatic hydroxyl groups excluding tert-OH is 2. The molecule has 0 saturated heterocycles. The van der Waals surface area contributed by atoms with Crippen molar-refractivity contribution < 1.29 is 18.6 Å². The van der Waals surface area contributed by atoms with Gasteiger partial charge in [-0.3, -0.25) is 0 Å². The standard InChI is InChI=1S/C15H32N2O4S/c1-2-8-22(20,21)17-11-13(18)10-15(19)14(16)9-12-6-4-3-5-7-12/h12-15,17-19H,2-11,16H2,1H3/t13-,14-,15-/m0/s1. The maximum atomic E-state index is 11.5. The van der Waals surface area contributed by atoms with Crippen LogP contribution in [0, 0.1) is 5.92 Å². The van der Waals surface area contributed by atoms with E-state index in [1.165, 1.54) is 32.1 Å². The minimum atomic E-state index is -3.33. The molecule has 0 radical (unpaired) electrons. The van der Waals surface area contributed by atoms with Gasteiger partial charge >= 0.3 is 0 Å². The summed E-state index contributed by atoms with van der Waals surface area (Å²) in [6, 6.07) is -0.356. The van der Waals surface area contributed by atoms with Crippen molar-refractivity contribution in [3.63, 3.8) is 0 Å². The molecule has 0 bridgehead atoms. The Kier molecular flexibility index (Phi) is 8.86. The van der Waals surface area contributed by atoms with Gasteiger partial charge in [-0.2, -0.15) is 0 Å². The molecule has 22 heavy (non-hydrogen) atoms. The van der Waals surface area contributed by atoms with Crippen molar-refractivity contribution in [3.05, 3.63) is 0 Å². The molecule has 7 heteroatoms. The van der Waals surface area contributed by atoms with Crippen LogP contribution in [0.3, 0.4) is 0 Å². The number of rotatable bonds is 10. The van der Waals surface area contributed by atoms with Gasteiger partial charge in [-0.1, -0.05) is 39.0 Å². The monoisotopic (exact) mass is 336 g/mol. The molecule has 0 aromatic heterocycles. The second-order valence-corrected chi connectivity index (χ2v) is 8.45. The van der Waals surface area contributed by atoms with Gasteiger partial charge in [0.15, 0.2) is 0 Å². The molecule has 5 N–H and O–H groups in total. The third-order valence-corrected chi connectivity index (χ3v) is 5.90. The number of nitrogens with two attached hydrogens (primary N) is 1. The molecule has 1 fully saturated rings. The Morgan fingerprint density at radius 1 is 1.23 bits per heavy atom. The van der Waals surface area contributed by atoms with E-state index in [1.54, 1.807) is 6.92 Å². The summed E-state index contributed by atoms with van der Waals surface area (Å²) in [6.07, 6.45) is 5.76. The average Bonchev–Trinajstić information content (AvgIpc) is 2.46. The zero-order valence-electron chi connectivity index (χ0n) is 13.6. The lowest BCUT2D eigenvalue weighted by Gasteiger charge is -2.28. The fourth-order valence-corrected chi connectivity index (χ4v) is 4.19. The van der Waals surface area contributed by atoms with Gasteiger partial charge in [-0.25, -0.2) is 13.1 Å². The minimum Gasteiger partial charge on any atom is -0.392 e. The van der Waals surface area contributed by atoms with E-state index in [9.17, 15) is 18.6 Å². The fourth-order valence-electron chi connectivity index (χ4n) is 3.07. The Morgan fingerprint density at radius 2 is 1.86 bits per heavy atom. The third-order valence-electron chi connectivity index (χ3n) is 4.35. The Labute approximate surface area is 134 Å². The maximum absolute atomic E-state index is 11.5. The topological polar surface area (TPSA) is 113 Å². The van der Waals surface area contributed by atoms with Crippen molar-refractivity contribution in [2.75, 3.05) is 12.3 Å². The lowest BCUT2D eigenvalue weighted by molar-refractivity contribution is 0.0599. The molecule has 0 spiro atoms. The molecule has 6 nitrogen and oxygen atoms in total. The molecule has 0 heterocycles. The SMILES string of the molecule is CCCS(=O)(=O)NC[C@@H](O)C[C@H](O)[C@@H](N)CC1CCCCC1. The lowest BCUT2D eigenvalue weighted by Crippen LogP contribution is -2.41. The highest BCUT2D eigenvalue weighted by Gasteiger charge is 2.24. The molecule has 1 saturated carbocycles. The molecule has 132 valence electrons. The number of sulfonamides is 1. The van der Waals surface area contributed by atoms with Crippen LogP contribution < -0.4 is 10.5 Å². The first-order valence-electron chi connectivity index (χ1n) is 8.43. The molecule has 0 aliphatic heterocycles. The van der Waals surface area contributed by atoms with Crippen LogP contribution in [0.2, 0.25) is 0 Å². The number of hydrogen-bond acceptors (Lipinski definition) is 5. The number of aliphatic hydroxyl groups is 2. The molecular weight excluding hydrogens is 304 g/mol. The first-order chi connectivity index (χ1) is 10.3. The van der Waals surface area contributed by atoms with Crippen molar-refractivity contribution in [2.24, 2.45) is 11.7 Å². The highest BCUT2D eigenvalue weighted by molar-refractivity contribution is 7.89. The average molecular weight is 336 g/mol. The Morgan fingerprint density at radius 3 is 2.45 bits per heavy atom. The maximum Gasteiger partial charge on any atom is 0.211 e. The van der Waals surface area contributed by atoms with E-state index >= 15 is 0 Å². The summed E-state index contributed by atoms with van der Waals surface area (Å²) in [5, 5.41) is 20.0. The Hall–Kier alpha value is -0.210. The Balaban J connectivity index is 2.28. The van der Waals surface area contributed by atoms with E-state index in [0.29, 0.717) is 12.3 Å². The number of nitrogens with one attached hydrogen (secondary N) is 1. The summed E-state index contributed by atoms with van der Waals surface area (Å²) in [6.45, 7) is 1.71. The predicted octanol–water partition coefficient (Wildman–Crippen LogP) is 0.725. The van der Waals surface area contributed by atoms with Crippen molar-refractivity contribution in [1.29, 1.82) is 0 Å². The highest BCUT2D eigenvalue weighted by atomic mass is 32.2. The van der Waals surface area contributed by atoms with Gasteiger partial charge in [0.25, 0.3) is 0 Å². The van der Waals surface area contributed by atoms with Gasteiger partial charge in [0.2, 0.25) is 10.0 Å². The summed E-state index contributed by atoms with van der Waals surface area (Å²) < 4.78 is 25.4. The van der Waals surface area contributed by atoms with E-state index in [1.807, 2.05) is 0 Å². The van der Waals surface area contributed by atoms with Crippen molar-refractivity contribution in [3.8, 4) is 0 Å². The summed E-state index contributed by atoms with van der Waals surface area (Å²) in [5.74, 6) is 0.613. The molecule has 0 aromatic rings. The van der Waals surface area contributed by atoms with Gasteiger partial charge in [-0.05, 0) is 18.8 Å². The normalized spacial score (nSPS) is 21.5. The van der Waals surface area contributed by atoms with E-state index in [0.717, 1.165) is 6.42 Å². The van der Waals surface area contributed by atoms with Crippen LogP contribution in [-0.4, -0.2) is 49.2 Å². The van der Waals surface area contributed by atoms with Crippen molar-refractivity contribution >= 4 is 10.0 Å². The van der Waals surface area contributed by atoms with Crippen LogP contribution in [0.5, 0.6) is 0 Å². The lowest BCUT2D eigenvalue weighted by atomic mass is 9.83. The molecule has 3 atom stereocenters. The van der Waals surface area contributed by atoms with Gasteiger partial charge in [0.05, 0.1) is 18.0 Å². The quantitative estimate of drug-likeness (QED) is 0.470. The largest absolute Gasteiger partial charge is 0.392 e.